The Morgan fingerprint density at radius 1 is 0.857 bits per heavy atom. The second-order valence-electron chi connectivity index (χ2n) is 1.08. The van der Waals surface area contributed by atoms with E-state index in [-0.39, 0.29) is 17.6 Å². The Balaban J connectivity index is 0.000000360. The van der Waals surface area contributed by atoms with Gasteiger partial charge in [-0.05, 0) is 6.07 Å². The van der Waals surface area contributed by atoms with Gasteiger partial charge in [-0.25, -0.2) is 0 Å². The minimum absolute atomic E-state index is 0. The van der Waals surface area contributed by atoms with Gasteiger partial charge in [0, 0.05) is 0 Å². The molecule has 0 amide bonds. The molecule has 1 radical (unpaired) electrons. The van der Waals surface area contributed by atoms with Crippen LogP contribution in [0.25, 0.3) is 0 Å². The average molecular weight is 154 g/mol. The molecule has 0 aliphatic rings. The molecule has 0 aliphatic carbocycles. The van der Waals surface area contributed by atoms with E-state index in [2.05, 4.69) is 6.07 Å². The fraction of sp³-hybridized carbons (Fsp3) is 0. The first-order valence-electron chi connectivity index (χ1n) is 1.91. The van der Waals surface area contributed by atoms with Crippen molar-refractivity contribution < 1.29 is 0 Å². The van der Waals surface area contributed by atoms with Crippen LogP contribution in [-0.4, -0.2) is 17.6 Å². The third-order valence-electron chi connectivity index (χ3n) is 0.607. The Hall–Kier alpha value is -0.237. The molecule has 0 N–H and O–H groups in total. The third kappa shape index (κ3) is 2.46. The molecule has 1 rings (SSSR count). The van der Waals surface area contributed by atoms with E-state index in [1.54, 1.807) is 0 Å². The fourth-order valence-electron chi connectivity index (χ4n) is 0.342. The van der Waals surface area contributed by atoms with Gasteiger partial charge in [-0.3, -0.25) is 0 Å². The van der Waals surface area contributed by atoms with Gasteiger partial charge in [-0.15, -0.1) is 0 Å². The largest absolute Gasteiger partial charge is 0.0622 e. The zero-order valence-corrected chi connectivity index (χ0v) is 3.39. The standard InChI is InChI=1S/C6H5.GeH4/c1-2-4-6-5-3-1;/h1-5H;1H4. The van der Waals surface area contributed by atoms with Gasteiger partial charge in [0.2, 0.25) is 0 Å². The summed E-state index contributed by atoms with van der Waals surface area (Å²) in [6, 6.07) is 12.5. The Morgan fingerprint density at radius 2 is 1.43 bits per heavy atom. The summed E-state index contributed by atoms with van der Waals surface area (Å²) >= 11 is 0. The zero-order valence-electron chi connectivity index (χ0n) is 3.39. The maximum atomic E-state index is 2.89. The predicted octanol–water partition coefficient (Wildman–Crippen LogP) is 0.0352. The van der Waals surface area contributed by atoms with Crippen molar-refractivity contribution in [2.45, 2.75) is 0 Å². The second kappa shape index (κ2) is 3.94. The van der Waals surface area contributed by atoms with Gasteiger partial charge in [0.05, 0.1) is 0 Å². The Kier molecular flexibility index (Phi) is 3.80. The van der Waals surface area contributed by atoms with Crippen molar-refractivity contribution in [3.8, 4) is 0 Å². The van der Waals surface area contributed by atoms with Crippen LogP contribution in [0.2, 0.25) is 0 Å². The van der Waals surface area contributed by atoms with E-state index in [0.29, 0.717) is 0 Å². The van der Waals surface area contributed by atoms with Gasteiger partial charge < -0.3 is 0 Å². The molecule has 1 heteroatoms. The first-order valence-corrected chi connectivity index (χ1v) is 1.91. The van der Waals surface area contributed by atoms with Crippen LogP contribution < -0.4 is 0 Å². The molecule has 0 aliphatic heterocycles. The van der Waals surface area contributed by atoms with Crippen LogP contribution in [0.15, 0.2) is 30.3 Å². The second-order valence-corrected chi connectivity index (χ2v) is 1.08. The topological polar surface area (TPSA) is 0 Å². The summed E-state index contributed by atoms with van der Waals surface area (Å²) in [5.74, 6) is 0. The zero-order chi connectivity index (χ0) is 4.24. The van der Waals surface area contributed by atoms with Crippen LogP contribution in [0.1, 0.15) is 0 Å². The molecule has 0 saturated carbocycles. The van der Waals surface area contributed by atoms with E-state index in [1.807, 2.05) is 30.3 Å². The van der Waals surface area contributed by atoms with Crippen LogP contribution in [0.3, 0.4) is 0 Å². The molecule has 0 bridgehead atoms. The van der Waals surface area contributed by atoms with Gasteiger partial charge in [-0.2, -0.15) is 0 Å². The summed E-state index contributed by atoms with van der Waals surface area (Å²) in [6.45, 7) is 0. The van der Waals surface area contributed by atoms with Crippen LogP contribution in [0.5, 0.6) is 0 Å². The molecule has 0 unspecified atom stereocenters. The maximum Gasteiger partial charge on any atom is -0.0184 e. The smallest absolute Gasteiger partial charge is 0.0184 e. The van der Waals surface area contributed by atoms with Gasteiger partial charge in [0.25, 0.3) is 0 Å². The molecule has 1 aromatic rings. The van der Waals surface area contributed by atoms with Crippen LogP contribution in [0, 0.1) is 6.07 Å². The van der Waals surface area contributed by atoms with Crippen molar-refractivity contribution >= 4 is 17.6 Å². The summed E-state index contributed by atoms with van der Waals surface area (Å²) in [5.41, 5.74) is 0. The molecule has 0 nitrogen and oxygen atoms in total. The van der Waals surface area contributed by atoms with Crippen molar-refractivity contribution in [1.82, 2.24) is 0 Å². The van der Waals surface area contributed by atoms with Crippen LogP contribution in [0.4, 0.5) is 0 Å². The summed E-state index contributed by atoms with van der Waals surface area (Å²) in [4.78, 5) is 0. The van der Waals surface area contributed by atoms with Crippen molar-refractivity contribution in [3.63, 3.8) is 0 Å². The van der Waals surface area contributed by atoms with Gasteiger partial charge in [-0.1, -0.05) is 30.3 Å². The molecule has 37 valence electrons. The van der Waals surface area contributed by atoms with Crippen LogP contribution in [-0.2, 0) is 0 Å². The van der Waals surface area contributed by atoms with E-state index in [9.17, 15) is 0 Å². The molecular weight excluding hydrogens is 145 g/mol. The Labute approximate surface area is 54.5 Å². The van der Waals surface area contributed by atoms with Gasteiger partial charge >= 0.3 is 17.6 Å². The van der Waals surface area contributed by atoms with E-state index in [0.717, 1.165) is 0 Å². The minimum atomic E-state index is 0. The molecule has 0 atom stereocenters. The fourth-order valence-corrected chi connectivity index (χ4v) is 0.342. The number of benzene rings is 1. The molecule has 0 aromatic heterocycles. The van der Waals surface area contributed by atoms with Crippen molar-refractivity contribution in [2.75, 3.05) is 0 Å². The number of hydrogen-bond donors (Lipinski definition) is 0. The molecule has 0 saturated heterocycles. The minimum Gasteiger partial charge on any atom is -0.0622 e. The molecular formula is C6H9Ge. The molecule has 0 fully saturated rings. The third-order valence-corrected chi connectivity index (χ3v) is 0.607. The van der Waals surface area contributed by atoms with Gasteiger partial charge in [0.1, 0.15) is 0 Å². The van der Waals surface area contributed by atoms with E-state index in [1.165, 1.54) is 0 Å². The van der Waals surface area contributed by atoms with Gasteiger partial charge in [0.15, 0.2) is 0 Å². The first kappa shape index (κ1) is 6.76. The molecule has 0 spiro atoms. The average Bonchev–Trinajstić information content (AvgIpc) is 1.72. The first-order chi connectivity index (χ1) is 3.00. The maximum absolute atomic E-state index is 2.89. The van der Waals surface area contributed by atoms with E-state index >= 15 is 0 Å². The summed E-state index contributed by atoms with van der Waals surface area (Å²) in [6.07, 6.45) is 0. The monoisotopic (exact) mass is 155 g/mol. The molecule has 1 aromatic carbocycles. The summed E-state index contributed by atoms with van der Waals surface area (Å²) in [7, 11) is 0. The van der Waals surface area contributed by atoms with Crippen LogP contribution >= 0.6 is 0 Å². The normalized spacial score (nSPS) is 6.86. The Bertz CT molecular complexity index is 76.1. The SMILES string of the molecule is [GeH4].[c]1ccccc1. The number of hydrogen-bond acceptors (Lipinski definition) is 0. The van der Waals surface area contributed by atoms with Crippen molar-refractivity contribution in [1.29, 1.82) is 0 Å². The Morgan fingerprint density at radius 3 is 1.57 bits per heavy atom. The predicted molar refractivity (Wildman–Crippen MR) is 36.6 cm³/mol. The number of rotatable bonds is 0. The van der Waals surface area contributed by atoms with E-state index < -0.39 is 0 Å². The molecule has 0 heterocycles. The summed E-state index contributed by atoms with van der Waals surface area (Å²) < 4.78 is 0. The van der Waals surface area contributed by atoms with Crippen molar-refractivity contribution in [2.24, 2.45) is 0 Å². The molecule has 7 heavy (non-hydrogen) atoms. The summed E-state index contributed by atoms with van der Waals surface area (Å²) in [5, 5.41) is 0. The van der Waals surface area contributed by atoms with E-state index in [4.69, 9.17) is 0 Å². The van der Waals surface area contributed by atoms with Crippen molar-refractivity contribution in [3.05, 3.63) is 36.4 Å². The quantitative estimate of drug-likeness (QED) is 0.462.